The minimum atomic E-state index is -0.821. The minimum Gasteiger partial charge on any atom is -0.369 e. The number of anilines is 1. The summed E-state index contributed by atoms with van der Waals surface area (Å²) in [6, 6.07) is 7.53. The Bertz CT molecular complexity index is 671. The van der Waals surface area contributed by atoms with Gasteiger partial charge in [-0.15, -0.1) is 0 Å². The van der Waals surface area contributed by atoms with Gasteiger partial charge in [0.25, 0.3) is 0 Å². The maximum Gasteiger partial charge on any atom is 0.201 e. The van der Waals surface area contributed by atoms with Crippen LogP contribution in [-0.2, 0) is 10.8 Å². The van der Waals surface area contributed by atoms with Gasteiger partial charge in [-0.25, -0.2) is 4.98 Å². The largest absolute Gasteiger partial charge is 0.369 e. The number of nitrogen functional groups attached to an aromatic ring is 1. The van der Waals surface area contributed by atoms with Gasteiger partial charge in [0.2, 0.25) is 5.95 Å². The average Bonchev–Trinajstić information content (AvgIpc) is 2.70. The van der Waals surface area contributed by atoms with Crippen LogP contribution in [0.15, 0.2) is 18.2 Å². The number of nitriles is 1. The standard InChI is InChI=1S/C13H16N4OS/c1-9(5-6-19(2)18)17-12-7-10(8-14)3-4-11(12)16-13(17)15/h3-4,7,9H,5-6H2,1-2H3,(H2,15,16). The number of nitrogens with zero attached hydrogens (tertiary/aromatic N) is 3. The van der Waals surface area contributed by atoms with Crippen molar-refractivity contribution in [3.05, 3.63) is 23.8 Å². The first-order chi connectivity index (χ1) is 9.02. The van der Waals surface area contributed by atoms with Crippen molar-refractivity contribution in [2.75, 3.05) is 17.7 Å². The molecule has 2 unspecified atom stereocenters. The van der Waals surface area contributed by atoms with E-state index < -0.39 is 10.8 Å². The molecule has 2 atom stereocenters. The van der Waals surface area contributed by atoms with Gasteiger partial charge in [-0.05, 0) is 31.5 Å². The number of hydrogen-bond acceptors (Lipinski definition) is 4. The summed E-state index contributed by atoms with van der Waals surface area (Å²) in [7, 11) is -0.821. The van der Waals surface area contributed by atoms with Crippen LogP contribution in [0.5, 0.6) is 0 Å². The van der Waals surface area contributed by atoms with E-state index in [1.165, 1.54) is 0 Å². The summed E-state index contributed by atoms with van der Waals surface area (Å²) in [6.45, 7) is 2.02. The van der Waals surface area contributed by atoms with Crippen LogP contribution in [0.3, 0.4) is 0 Å². The predicted molar refractivity (Wildman–Crippen MR) is 77.1 cm³/mol. The molecule has 0 radical (unpaired) electrons. The average molecular weight is 276 g/mol. The van der Waals surface area contributed by atoms with Gasteiger partial charge in [-0.2, -0.15) is 5.26 Å². The van der Waals surface area contributed by atoms with Gasteiger partial charge in [0.1, 0.15) is 0 Å². The first kappa shape index (κ1) is 13.6. The van der Waals surface area contributed by atoms with Crippen molar-refractivity contribution >= 4 is 27.8 Å². The molecule has 1 heterocycles. The second kappa shape index (κ2) is 5.41. The molecular formula is C13H16N4OS. The fraction of sp³-hybridized carbons (Fsp3) is 0.385. The molecule has 2 aromatic rings. The molecule has 0 bridgehead atoms. The van der Waals surface area contributed by atoms with Crippen molar-refractivity contribution in [3.63, 3.8) is 0 Å². The van der Waals surface area contributed by atoms with E-state index in [2.05, 4.69) is 11.1 Å². The molecule has 0 aliphatic rings. The minimum absolute atomic E-state index is 0.0999. The van der Waals surface area contributed by atoms with Crippen LogP contribution in [0.1, 0.15) is 24.9 Å². The molecule has 1 aromatic carbocycles. The Hall–Kier alpha value is -1.87. The maximum absolute atomic E-state index is 11.2. The Morgan fingerprint density at radius 2 is 2.32 bits per heavy atom. The van der Waals surface area contributed by atoms with Gasteiger partial charge in [0, 0.05) is 28.9 Å². The molecule has 19 heavy (non-hydrogen) atoms. The Labute approximate surface area is 114 Å². The second-order valence-electron chi connectivity index (χ2n) is 4.57. The number of rotatable bonds is 4. The first-order valence-electron chi connectivity index (χ1n) is 6.00. The maximum atomic E-state index is 11.2. The van der Waals surface area contributed by atoms with Crippen LogP contribution < -0.4 is 5.73 Å². The molecule has 0 fully saturated rings. The highest BCUT2D eigenvalue weighted by atomic mass is 32.2. The number of nitrogens with two attached hydrogens (primary N) is 1. The summed E-state index contributed by atoms with van der Waals surface area (Å²) in [6.07, 6.45) is 2.45. The number of imidazole rings is 1. The summed E-state index contributed by atoms with van der Waals surface area (Å²) in [4.78, 5) is 4.29. The molecule has 0 saturated heterocycles. The number of hydrogen-bond donors (Lipinski definition) is 1. The van der Waals surface area contributed by atoms with E-state index >= 15 is 0 Å². The first-order valence-corrected chi connectivity index (χ1v) is 7.73. The highest BCUT2D eigenvalue weighted by Crippen LogP contribution is 2.25. The monoisotopic (exact) mass is 276 g/mol. The third kappa shape index (κ3) is 2.76. The molecule has 0 amide bonds. The highest BCUT2D eigenvalue weighted by Gasteiger charge is 2.14. The molecule has 6 heteroatoms. The molecule has 2 rings (SSSR count). The quantitative estimate of drug-likeness (QED) is 0.923. The predicted octanol–water partition coefficient (Wildman–Crippen LogP) is 1.82. The third-order valence-electron chi connectivity index (χ3n) is 3.11. The molecular weight excluding hydrogens is 260 g/mol. The fourth-order valence-corrected chi connectivity index (χ4v) is 2.78. The van der Waals surface area contributed by atoms with E-state index in [0.717, 1.165) is 17.5 Å². The molecule has 1 aromatic heterocycles. The summed E-state index contributed by atoms with van der Waals surface area (Å²) >= 11 is 0. The van der Waals surface area contributed by atoms with Crippen LogP contribution in [0.4, 0.5) is 5.95 Å². The van der Waals surface area contributed by atoms with Crippen LogP contribution in [0, 0.1) is 11.3 Å². The molecule has 0 aliphatic heterocycles. The van der Waals surface area contributed by atoms with Gasteiger partial charge >= 0.3 is 0 Å². The van der Waals surface area contributed by atoms with Crippen molar-refractivity contribution in [1.29, 1.82) is 5.26 Å². The van der Waals surface area contributed by atoms with Crippen molar-refractivity contribution < 1.29 is 4.21 Å². The van der Waals surface area contributed by atoms with E-state index in [-0.39, 0.29) is 6.04 Å². The topological polar surface area (TPSA) is 84.7 Å². The summed E-state index contributed by atoms with van der Waals surface area (Å²) in [5.41, 5.74) is 8.16. The molecule has 0 saturated carbocycles. The van der Waals surface area contributed by atoms with Crippen molar-refractivity contribution in [3.8, 4) is 6.07 Å². The van der Waals surface area contributed by atoms with E-state index in [4.69, 9.17) is 11.0 Å². The number of aromatic nitrogens is 2. The smallest absolute Gasteiger partial charge is 0.201 e. The van der Waals surface area contributed by atoms with E-state index in [1.54, 1.807) is 24.5 Å². The van der Waals surface area contributed by atoms with Gasteiger partial charge < -0.3 is 10.3 Å². The normalized spacial score (nSPS) is 14.2. The summed E-state index contributed by atoms with van der Waals surface area (Å²) in [5, 5.41) is 8.96. The van der Waals surface area contributed by atoms with E-state index in [0.29, 0.717) is 17.3 Å². The lowest BCUT2D eigenvalue weighted by atomic mass is 10.2. The zero-order chi connectivity index (χ0) is 14.0. The fourth-order valence-electron chi connectivity index (χ4n) is 2.11. The lowest BCUT2D eigenvalue weighted by Crippen LogP contribution is -2.11. The Morgan fingerprint density at radius 3 is 2.95 bits per heavy atom. The Balaban J connectivity index is 2.43. The number of benzene rings is 1. The van der Waals surface area contributed by atoms with Gasteiger partial charge in [0.15, 0.2) is 0 Å². The van der Waals surface area contributed by atoms with Gasteiger partial charge in [-0.3, -0.25) is 4.21 Å². The summed E-state index contributed by atoms with van der Waals surface area (Å²) < 4.78 is 13.1. The van der Waals surface area contributed by atoms with Gasteiger partial charge in [0.05, 0.1) is 22.7 Å². The molecule has 5 nitrogen and oxygen atoms in total. The zero-order valence-corrected chi connectivity index (χ0v) is 11.8. The molecule has 2 N–H and O–H groups in total. The van der Waals surface area contributed by atoms with Crippen LogP contribution in [0.25, 0.3) is 11.0 Å². The SMILES string of the molecule is CC(CCS(C)=O)n1c(N)nc2ccc(C#N)cc21. The Morgan fingerprint density at radius 1 is 1.58 bits per heavy atom. The number of fused-ring (bicyclic) bond motifs is 1. The Kier molecular flexibility index (Phi) is 3.86. The third-order valence-corrected chi connectivity index (χ3v) is 3.92. The molecule has 100 valence electrons. The van der Waals surface area contributed by atoms with Gasteiger partial charge in [-0.1, -0.05) is 0 Å². The van der Waals surface area contributed by atoms with Crippen LogP contribution in [0.2, 0.25) is 0 Å². The van der Waals surface area contributed by atoms with Crippen molar-refractivity contribution in [2.24, 2.45) is 0 Å². The van der Waals surface area contributed by atoms with E-state index in [9.17, 15) is 4.21 Å². The van der Waals surface area contributed by atoms with Crippen molar-refractivity contribution in [2.45, 2.75) is 19.4 Å². The van der Waals surface area contributed by atoms with Crippen molar-refractivity contribution in [1.82, 2.24) is 9.55 Å². The lowest BCUT2D eigenvalue weighted by Gasteiger charge is -2.15. The van der Waals surface area contributed by atoms with E-state index in [1.807, 2.05) is 11.5 Å². The lowest BCUT2D eigenvalue weighted by molar-refractivity contribution is 0.552. The summed E-state index contributed by atoms with van der Waals surface area (Å²) in [5.74, 6) is 1.05. The molecule has 0 aliphatic carbocycles. The highest BCUT2D eigenvalue weighted by molar-refractivity contribution is 7.84. The van der Waals surface area contributed by atoms with Crippen LogP contribution >= 0.6 is 0 Å². The molecule has 0 spiro atoms. The zero-order valence-electron chi connectivity index (χ0n) is 11.0. The second-order valence-corrected chi connectivity index (χ2v) is 6.12. The van der Waals surface area contributed by atoms with Crippen LogP contribution in [-0.4, -0.2) is 25.8 Å².